The molecule has 0 bridgehead atoms. The zero-order valence-electron chi connectivity index (χ0n) is 20.4. The molecule has 2 aromatic heterocycles. The molecule has 188 valence electrons. The second-order valence-electron chi connectivity index (χ2n) is 8.80. The lowest BCUT2D eigenvalue weighted by Gasteiger charge is -2.24. The number of methoxy groups -OCH3 is 1. The van der Waals surface area contributed by atoms with Crippen molar-refractivity contribution in [3.05, 3.63) is 66.4 Å². The quantitative estimate of drug-likeness (QED) is 0.325. The van der Waals surface area contributed by atoms with Crippen molar-refractivity contribution in [3.63, 3.8) is 0 Å². The monoisotopic (exact) mass is 506 g/mol. The zero-order chi connectivity index (χ0) is 25.1. The highest BCUT2D eigenvalue weighted by molar-refractivity contribution is 7.92. The lowest BCUT2D eigenvalue weighted by molar-refractivity contribution is 0.413. The average Bonchev–Trinajstić information content (AvgIpc) is 3.32. The molecule has 0 radical (unpaired) electrons. The van der Waals surface area contributed by atoms with Crippen molar-refractivity contribution in [2.75, 3.05) is 36.0 Å². The maximum atomic E-state index is 12.2. The number of anilines is 3. The molecular formula is C26H30N6O3S. The van der Waals surface area contributed by atoms with E-state index in [0.29, 0.717) is 17.6 Å². The molecule has 2 aromatic carbocycles. The first-order valence-corrected chi connectivity index (χ1v) is 13.7. The molecule has 3 N–H and O–H groups in total. The van der Waals surface area contributed by atoms with Gasteiger partial charge in [-0.15, -0.1) is 5.10 Å². The number of ether oxygens (including phenoxy) is 1. The van der Waals surface area contributed by atoms with E-state index in [1.54, 1.807) is 36.9 Å². The van der Waals surface area contributed by atoms with Gasteiger partial charge in [0.25, 0.3) is 0 Å². The summed E-state index contributed by atoms with van der Waals surface area (Å²) >= 11 is 0. The predicted molar refractivity (Wildman–Crippen MR) is 143 cm³/mol. The van der Waals surface area contributed by atoms with Crippen LogP contribution in [0, 0.1) is 0 Å². The van der Waals surface area contributed by atoms with Crippen LogP contribution in [0.3, 0.4) is 0 Å². The zero-order valence-corrected chi connectivity index (χ0v) is 21.2. The molecule has 4 aromatic rings. The molecule has 10 heteroatoms. The number of hydrogen-bond acceptors (Lipinski definition) is 7. The van der Waals surface area contributed by atoms with Crippen LogP contribution in [-0.2, 0) is 10.0 Å². The Balaban J connectivity index is 1.47. The Hall–Kier alpha value is -3.63. The SMILES string of the molecule is CCS(=O)(=O)Nc1ccccc1-c1ccc2cnc(Nc3ccc(C4CCNCC4)cc3OC)nn12. The van der Waals surface area contributed by atoms with Crippen molar-refractivity contribution in [2.24, 2.45) is 0 Å². The smallest absolute Gasteiger partial charge is 0.245 e. The second-order valence-corrected chi connectivity index (χ2v) is 10.8. The topological polar surface area (TPSA) is 110 Å². The lowest BCUT2D eigenvalue weighted by atomic mass is 9.90. The first-order valence-electron chi connectivity index (χ1n) is 12.1. The van der Waals surface area contributed by atoms with Crippen LogP contribution >= 0.6 is 0 Å². The average molecular weight is 507 g/mol. The predicted octanol–water partition coefficient (Wildman–Crippen LogP) is 4.38. The van der Waals surface area contributed by atoms with Crippen LogP contribution in [-0.4, -0.2) is 49.0 Å². The van der Waals surface area contributed by atoms with Gasteiger partial charge in [0.1, 0.15) is 5.75 Å². The Labute approximate surface area is 211 Å². The number of sulfonamides is 1. The van der Waals surface area contributed by atoms with Crippen molar-refractivity contribution in [3.8, 4) is 17.0 Å². The van der Waals surface area contributed by atoms with E-state index in [2.05, 4.69) is 32.5 Å². The summed E-state index contributed by atoms with van der Waals surface area (Å²) in [6.45, 7) is 3.67. The van der Waals surface area contributed by atoms with E-state index < -0.39 is 10.0 Å². The van der Waals surface area contributed by atoms with Gasteiger partial charge in [-0.1, -0.05) is 24.3 Å². The molecule has 0 saturated carbocycles. The van der Waals surface area contributed by atoms with Crippen LogP contribution < -0.4 is 20.1 Å². The number of benzene rings is 2. The van der Waals surface area contributed by atoms with Gasteiger partial charge in [-0.25, -0.2) is 17.9 Å². The number of nitrogens with one attached hydrogen (secondary N) is 3. The number of para-hydroxylation sites is 1. The largest absolute Gasteiger partial charge is 0.495 e. The highest BCUT2D eigenvalue weighted by atomic mass is 32.2. The minimum atomic E-state index is -3.43. The molecule has 9 nitrogen and oxygen atoms in total. The number of fused-ring (bicyclic) bond motifs is 1. The molecule has 0 unspecified atom stereocenters. The molecule has 0 spiro atoms. The summed E-state index contributed by atoms with van der Waals surface area (Å²) in [6, 6.07) is 17.3. The third kappa shape index (κ3) is 5.00. The van der Waals surface area contributed by atoms with E-state index in [1.165, 1.54) is 5.56 Å². The van der Waals surface area contributed by atoms with Crippen molar-refractivity contribution >= 4 is 32.9 Å². The molecular weight excluding hydrogens is 476 g/mol. The summed E-state index contributed by atoms with van der Waals surface area (Å²) in [4.78, 5) is 4.47. The van der Waals surface area contributed by atoms with E-state index in [0.717, 1.165) is 54.1 Å². The van der Waals surface area contributed by atoms with Gasteiger partial charge in [-0.05, 0) is 74.7 Å². The van der Waals surface area contributed by atoms with Gasteiger partial charge in [0.2, 0.25) is 16.0 Å². The molecule has 1 aliphatic rings. The molecule has 1 aliphatic heterocycles. The molecule has 36 heavy (non-hydrogen) atoms. The van der Waals surface area contributed by atoms with Crippen molar-refractivity contribution < 1.29 is 13.2 Å². The van der Waals surface area contributed by atoms with Gasteiger partial charge in [-0.3, -0.25) is 4.72 Å². The molecule has 3 heterocycles. The van der Waals surface area contributed by atoms with Gasteiger partial charge in [-0.2, -0.15) is 0 Å². The summed E-state index contributed by atoms with van der Waals surface area (Å²) in [5.41, 5.74) is 4.81. The van der Waals surface area contributed by atoms with Crippen LogP contribution in [0.4, 0.5) is 17.3 Å². The van der Waals surface area contributed by atoms with Crippen LogP contribution in [0.5, 0.6) is 5.75 Å². The van der Waals surface area contributed by atoms with Crippen LogP contribution in [0.15, 0.2) is 60.8 Å². The Morgan fingerprint density at radius 3 is 2.67 bits per heavy atom. The Kier molecular flexibility index (Phi) is 6.80. The van der Waals surface area contributed by atoms with Gasteiger partial charge in [0, 0.05) is 5.56 Å². The van der Waals surface area contributed by atoms with Crippen molar-refractivity contribution in [2.45, 2.75) is 25.7 Å². The van der Waals surface area contributed by atoms with Crippen LogP contribution in [0.2, 0.25) is 0 Å². The van der Waals surface area contributed by atoms with Crippen molar-refractivity contribution in [1.82, 2.24) is 19.9 Å². The first kappa shape index (κ1) is 24.1. The van der Waals surface area contributed by atoms with Crippen LogP contribution in [0.1, 0.15) is 31.2 Å². The Morgan fingerprint density at radius 1 is 1.08 bits per heavy atom. The van der Waals surface area contributed by atoms with Crippen molar-refractivity contribution in [1.29, 1.82) is 0 Å². The highest BCUT2D eigenvalue weighted by Gasteiger charge is 2.18. The third-order valence-corrected chi connectivity index (χ3v) is 7.82. The minimum Gasteiger partial charge on any atom is -0.495 e. The summed E-state index contributed by atoms with van der Waals surface area (Å²) < 4.78 is 34.6. The normalized spacial score (nSPS) is 14.6. The number of aromatic nitrogens is 3. The molecule has 5 rings (SSSR count). The molecule has 1 fully saturated rings. The number of rotatable bonds is 8. The second kappa shape index (κ2) is 10.2. The van der Waals surface area contributed by atoms with E-state index in [1.807, 2.05) is 30.3 Å². The molecule has 0 atom stereocenters. The number of hydrogen-bond donors (Lipinski definition) is 3. The van der Waals surface area contributed by atoms with E-state index >= 15 is 0 Å². The molecule has 0 amide bonds. The minimum absolute atomic E-state index is 0.00919. The van der Waals surface area contributed by atoms with Gasteiger partial charge in [0.05, 0.1) is 41.6 Å². The van der Waals surface area contributed by atoms with Crippen LogP contribution in [0.25, 0.3) is 16.8 Å². The summed E-state index contributed by atoms with van der Waals surface area (Å²) in [5.74, 6) is 1.65. The van der Waals surface area contributed by atoms with Gasteiger partial charge < -0.3 is 15.4 Å². The van der Waals surface area contributed by atoms with E-state index in [9.17, 15) is 8.42 Å². The fraction of sp³-hybridized carbons (Fsp3) is 0.308. The molecule has 1 saturated heterocycles. The Bertz CT molecular complexity index is 1480. The summed E-state index contributed by atoms with van der Waals surface area (Å²) in [5, 5.41) is 11.4. The maximum absolute atomic E-state index is 12.2. The maximum Gasteiger partial charge on any atom is 0.245 e. The Morgan fingerprint density at radius 2 is 1.89 bits per heavy atom. The standard InChI is InChI=1S/C26H30N6O3S/c1-3-36(33,34)31-22-7-5-4-6-21(22)24-11-9-20-17-28-26(30-32(20)24)29-23-10-8-19(16-25(23)35-2)18-12-14-27-15-13-18/h4-11,16-18,27,31H,3,12-15H2,1-2H3,(H,29,30). The molecule has 0 aliphatic carbocycles. The summed E-state index contributed by atoms with van der Waals surface area (Å²) in [7, 11) is -1.77. The van der Waals surface area contributed by atoms with E-state index in [-0.39, 0.29) is 5.75 Å². The van der Waals surface area contributed by atoms with Gasteiger partial charge in [0.15, 0.2) is 0 Å². The van der Waals surface area contributed by atoms with E-state index in [4.69, 9.17) is 9.84 Å². The van der Waals surface area contributed by atoms with Gasteiger partial charge >= 0.3 is 0 Å². The third-order valence-electron chi connectivity index (χ3n) is 6.53. The fourth-order valence-corrected chi connectivity index (χ4v) is 5.20. The number of piperidine rings is 1. The highest BCUT2D eigenvalue weighted by Crippen LogP contribution is 2.34. The summed E-state index contributed by atoms with van der Waals surface area (Å²) in [6.07, 6.45) is 3.96. The fourth-order valence-electron chi connectivity index (χ4n) is 4.54. The lowest BCUT2D eigenvalue weighted by Crippen LogP contribution is -2.26. The first-order chi connectivity index (χ1) is 17.5. The number of nitrogens with zero attached hydrogens (tertiary/aromatic N) is 3.